The van der Waals surface area contributed by atoms with Gasteiger partial charge in [-0.3, -0.25) is 24.0 Å². The third kappa shape index (κ3) is 7.69. The van der Waals surface area contributed by atoms with E-state index in [1.165, 1.54) is 41.0 Å². The molecule has 2 N–H and O–H groups in total. The second-order valence-electron chi connectivity index (χ2n) is 11.7. The highest BCUT2D eigenvalue weighted by Gasteiger charge is 2.27. The molecule has 0 radical (unpaired) electrons. The second-order valence-corrected chi connectivity index (χ2v) is 11.7. The van der Waals surface area contributed by atoms with Crippen molar-refractivity contribution in [3.63, 3.8) is 0 Å². The van der Waals surface area contributed by atoms with E-state index < -0.39 is 23.1 Å². The molecule has 0 aliphatic carbocycles. The van der Waals surface area contributed by atoms with Crippen LogP contribution in [0.5, 0.6) is 17.2 Å². The Kier molecular flexibility index (Phi) is 10.5. The first-order valence-corrected chi connectivity index (χ1v) is 16.1. The number of pyridine rings is 2. The number of hydrogen-bond donors (Lipinski definition) is 2. The van der Waals surface area contributed by atoms with Gasteiger partial charge in [-0.1, -0.05) is 6.58 Å². The molecule has 1 amide bonds. The monoisotopic (exact) mass is 685 g/mol. The predicted molar refractivity (Wildman–Crippen MR) is 184 cm³/mol. The van der Waals surface area contributed by atoms with Gasteiger partial charge in [-0.2, -0.15) is 0 Å². The molecule has 11 nitrogen and oxygen atoms in total. The highest BCUT2D eigenvalue weighted by atomic mass is 19.1. The number of carbonyl (C=O) groups excluding carboxylic acids is 1. The van der Waals surface area contributed by atoms with Gasteiger partial charge in [-0.05, 0) is 55.5 Å². The fraction of sp³-hybridized carbons (Fsp3) is 0.270. The van der Waals surface area contributed by atoms with Crippen molar-refractivity contribution in [2.45, 2.75) is 13.3 Å². The molecule has 2 aromatic carbocycles. The number of halogens is 2. The Bertz CT molecular complexity index is 1990. The zero-order valence-corrected chi connectivity index (χ0v) is 27.8. The summed E-state index contributed by atoms with van der Waals surface area (Å²) < 4.78 is 52.6. The Morgan fingerprint density at radius 3 is 2.60 bits per heavy atom. The van der Waals surface area contributed by atoms with Crippen LogP contribution in [0.25, 0.3) is 11.8 Å². The van der Waals surface area contributed by atoms with E-state index in [0.29, 0.717) is 72.5 Å². The van der Waals surface area contributed by atoms with E-state index in [9.17, 15) is 14.0 Å². The van der Waals surface area contributed by atoms with E-state index in [0.717, 1.165) is 25.7 Å². The number of carbonyl (C=O) groups is 1. The van der Waals surface area contributed by atoms with Gasteiger partial charge in [0.2, 0.25) is 0 Å². The Hall–Kier alpha value is -5.53. The van der Waals surface area contributed by atoms with Crippen molar-refractivity contribution in [2.24, 2.45) is 0 Å². The van der Waals surface area contributed by atoms with Crippen molar-refractivity contribution >= 4 is 17.7 Å². The summed E-state index contributed by atoms with van der Waals surface area (Å²) >= 11 is 0. The minimum Gasteiger partial charge on any atom is -0.495 e. The van der Waals surface area contributed by atoms with Gasteiger partial charge < -0.3 is 29.6 Å². The van der Waals surface area contributed by atoms with E-state index in [2.05, 4.69) is 27.1 Å². The number of ether oxygens (including phenoxy) is 4. The van der Waals surface area contributed by atoms with Gasteiger partial charge in [-0.25, -0.2) is 8.78 Å². The average Bonchev–Trinajstić information content (AvgIpc) is 3.59. The molecule has 0 spiro atoms. The van der Waals surface area contributed by atoms with Gasteiger partial charge in [0.15, 0.2) is 11.6 Å². The molecule has 1 fully saturated rings. The van der Waals surface area contributed by atoms with Crippen LogP contribution in [-0.2, 0) is 15.9 Å². The third-order valence-corrected chi connectivity index (χ3v) is 8.46. The normalized spacial score (nSPS) is 14.4. The Morgan fingerprint density at radius 2 is 1.86 bits per heavy atom. The van der Waals surface area contributed by atoms with Crippen LogP contribution in [0.3, 0.4) is 0 Å². The first-order valence-electron chi connectivity index (χ1n) is 16.1. The molecule has 50 heavy (non-hydrogen) atoms. The molecule has 2 aliphatic heterocycles. The number of amides is 1. The lowest BCUT2D eigenvalue weighted by molar-refractivity contribution is 0.0387. The van der Waals surface area contributed by atoms with Gasteiger partial charge in [0.1, 0.15) is 28.6 Å². The zero-order chi connectivity index (χ0) is 35.2. The van der Waals surface area contributed by atoms with E-state index in [1.54, 1.807) is 38.6 Å². The van der Waals surface area contributed by atoms with Crippen LogP contribution in [0, 0.1) is 18.6 Å². The Morgan fingerprint density at radius 1 is 1.08 bits per heavy atom. The number of anilines is 1. The molecule has 0 saturated carbocycles. The van der Waals surface area contributed by atoms with E-state index >= 15 is 4.39 Å². The van der Waals surface area contributed by atoms with Crippen molar-refractivity contribution in [3.8, 4) is 22.9 Å². The van der Waals surface area contributed by atoms with Crippen molar-refractivity contribution in [1.29, 1.82) is 0 Å². The van der Waals surface area contributed by atoms with Gasteiger partial charge in [0.05, 0.1) is 38.3 Å². The lowest BCUT2D eigenvalue weighted by atomic mass is 10.1. The number of rotatable bonds is 12. The molecule has 6 rings (SSSR count). The van der Waals surface area contributed by atoms with Crippen LogP contribution in [0.2, 0.25) is 0 Å². The van der Waals surface area contributed by atoms with E-state index in [4.69, 9.17) is 18.9 Å². The van der Waals surface area contributed by atoms with Crippen molar-refractivity contribution in [2.75, 3.05) is 58.4 Å². The number of nitrogens with one attached hydrogen (secondary N) is 2. The number of fused-ring (bicyclic) bond motifs is 1. The van der Waals surface area contributed by atoms with Crippen molar-refractivity contribution in [3.05, 3.63) is 123 Å². The van der Waals surface area contributed by atoms with E-state index in [-0.39, 0.29) is 22.7 Å². The molecule has 0 atom stereocenters. The zero-order valence-electron chi connectivity index (χ0n) is 27.8. The fourth-order valence-electron chi connectivity index (χ4n) is 5.66. The minimum atomic E-state index is -0.772. The van der Waals surface area contributed by atoms with E-state index in [1.807, 2.05) is 0 Å². The van der Waals surface area contributed by atoms with Crippen LogP contribution in [0.1, 0.15) is 27.2 Å². The summed E-state index contributed by atoms with van der Waals surface area (Å²) in [5.41, 5.74) is 2.12. The predicted octanol–water partition coefficient (Wildman–Crippen LogP) is 5.22. The van der Waals surface area contributed by atoms with Gasteiger partial charge in [0.25, 0.3) is 11.5 Å². The number of aromatic nitrogens is 2. The van der Waals surface area contributed by atoms with Crippen molar-refractivity contribution < 1.29 is 32.5 Å². The molecule has 13 heteroatoms. The SMILES string of the molecule is C=C(OC)/C(=C\c1nccc(Oc2ccc(NC(=O)c3c4c(cn(-c5ccc(F)cc5)c3=O)CCO4)cc2F)c1C)NCCN1CCOCC1. The summed E-state index contributed by atoms with van der Waals surface area (Å²) in [6, 6.07) is 10.9. The summed E-state index contributed by atoms with van der Waals surface area (Å²) in [4.78, 5) is 33.7. The van der Waals surface area contributed by atoms with Gasteiger partial charge in [0, 0.05) is 73.6 Å². The standard InChI is InChI=1S/C37H37F2N5O6/c1-23-30(21-31(24(2)47-3)41-13-14-43-15-18-48-19-16-43)40-12-10-32(23)50-33-9-6-27(20-29(33)39)42-36(45)34-35-25(11-17-49-35)22-44(37(34)46)28-7-4-26(38)5-8-28/h4-10,12,20-22,41H,2,11,13-19H2,1,3H3,(H,42,45)/b31-21+. The molecule has 4 aromatic rings. The molecule has 2 aromatic heterocycles. The highest BCUT2D eigenvalue weighted by Crippen LogP contribution is 2.32. The summed E-state index contributed by atoms with van der Waals surface area (Å²) in [5, 5.41) is 5.97. The largest absolute Gasteiger partial charge is 0.495 e. The number of benzene rings is 2. The molecule has 1 saturated heterocycles. The molecule has 260 valence electrons. The third-order valence-electron chi connectivity index (χ3n) is 8.46. The maximum Gasteiger partial charge on any atom is 0.271 e. The summed E-state index contributed by atoms with van der Waals surface area (Å²) in [6.45, 7) is 10.7. The van der Waals surface area contributed by atoms with Crippen LogP contribution in [0.15, 0.2) is 83.8 Å². The number of nitrogens with zero attached hydrogens (tertiary/aromatic N) is 3. The summed E-state index contributed by atoms with van der Waals surface area (Å²) in [5.74, 6) is -1.08. The molecule has 2 aliphatic rings. The van der Waals surface area contributed by atoms with Crippen LogP contribution in [0.4, 0.5) is 14.5 Å². The molecular formula is C37H37F2N5O6. The number of morpholine rings is 1. The Balaban J connectivity index is 1.18. The molecule has 0 bridgehead atoms. The Labute approximate surface area is 287 Å². The lowest BCUT2D eigenvalue weighted by Crippen LogP contribution is -2.40. The maximum absolute atomic E-state index is 15.4. The minimum absolute atomic E-state index is 0.0833. The highest BCUT2D eigenvalue weighted by molar-refractivity contribution is 6.06. The summed E-state index contributed by atoms with van der Waals surface area (Å²) in [7, 11) is 1.54. The smallest absolute Gasteiger partial charge is 0.271 e. The maximum atomic E-state index is 15.4. The van der Waals surface area contributed by atoms with Crippen LogP contribution >= 0.6 is 0 Å². The number of hydrogen-bond acceptors (Lipinski definition) is 9. The average molecular weight is 686 g/mol. The molecular weight excluding hydrogens is 648 g/mol. The fourth-order valence-corrected chi connectivity index (χ4v) is 5.66. The first kappa shape index (κ1) is 34.3. The second kappa shape index (κ2) is 15.3. The van der Waals surface area contributed by atoms with Crippen molar-refractivity contribution in [1.82, 2.24) is 19.8 Å². The number of methoxy groups -OCH3 is 1. The van der Waals surface area contributed by atoms with Crippen LogP contribution < -0.4 is 25.7 Å². The topological polar surface area (TPSA) is 116 Å². The molecule has 0 unspecified atom stereocenters. The summed E-state index contributed by atoms with van der Waals surface area (Å²) in [6.07, 6.45) is 5.43. The first-order chi connectivity index (χ1) is 24.2. The van der Waals surface area contributed by atoms with Gasteiger partial charge >= 0.3 is 0 Å². The van der Waals surface area contributed by atoms with Gasteiger partial charge in [-0.15, -0.1) is 0 Å². The quantitative estimate of drug-likeness (QED) is 0.153. The lowest BCUT2D eigenvalue weighted by Gasteiger charge is -2.27. The van der Waals surface area contributed by atoms with Crippen LogP contribution in [-0.4, -0.2) is 73.5 Å². The molecule has 4 heterocycles.